The number of aromatic nitrogens is 3. The molecule has 0 radical (unpaired) electrons. The number of para-hydroxylation sites is 1. The summed E-state index contributed by atoms with van der Waals surface area (Å²) in [5.41, 5.74) is 1.91. The van der Waals surface area contributed by atoms with Crippen molar-refractivity contribution in [1.29, 1.82) is 0 Å². The molecule has 0 aliphatic rings. The first-order valence-electron chi connectivity index (χ1n) is 10.2. The summed E-state index contributed by atoms with van der Waals surface area (Å²) in [6, 6.07) is 27.6. The van der Waals surface area contributed by atoms with Gasteiger partial charge in [0, 0.05) is 5.69 Å². The molecule has 6 nitrogen and oxygen atoms in total. The van der Waals surface area contributed by atoms with Gasteiger partial charge in [0.1, 0.15) is 0 Å². The van der Waals surface area contributed by atoms with E-state index < -0.39 is 0 Å². The monoisotopic (exact) mass is 440 g/mol. The summed E-state index contributed by atoms with van der Waals surface area (Å²) in [6.45, 7) is 0.563. The van der Waals surface area contributed by atoms with Crippen LogP contribution in [0.4, 0.5) is 5.69 Å². The molecule has 0 saturated heterocycles. The van der Waals surface area contributed by atoms with Crippen molar-refractivity contribution in [3.05, 3.63) is 96.8 Å². The van der Waals surface area contributed by atoms with Crippen molar-refractivity contribution in [3.63, 3.8) is 0 Å². The first kappa shape index (κ1) is 20.1. The maximum absolute atomic E-state index is 12.5. The van der Waals surface area contributed by atoms with E-state index in [1.165, 1.54) is 22.5 Å². The van der Waals surface area contributed by atoms with Crippen molar-refractivity contribution in [2.24, 2.45) is 0 Å². The third-order valence-electron chi connectivity index (χ3n) is 5.06. The van der Waals surface area contributed by atoms with E-state index in [4.69, 9.17) is 4.42 Å². The minimum absolute atomic E-state index is 0.0968. The highest BCUT2D eigenvalue weighted by atomic mass is 32.2. The molecule has 0 saturated carbocycles. The maximum atomic E-state index is 12.5. The topological polar surface area (TPSA) is 73.0 Å². The molecule has 0 fully saturated rings. The van der Waals surface area contributed by atoms with Crippen LogP contribution >= 0.6 is 11.8 Å². The van der Waals surface area contributed by atoms with Crippen LogP contribution in [-0.4, -0.2) is 26.4 Å². The molecule has 2 aromatic heterocycles. The minimum atomic E-state index is -0.0968. The highest BCUT2D eigenvalue weighted by Crippen LogP contribution is 2.28. The van der Waals surface area contributed by atoms with E-state index >= 15 is 0 Å². The Morgan fingerprint density at radius 3 is 2.56 bits per heavy atom. The Hall–Kier alpha value is -3.84. The number of amides is 1. The number of rotatable bonds is 7. The van der Waals surface area contributed by atoms with Crippen LogP contribution in [-0.2, 0) is 11.3 Å². The Labute approximate surface area is 189 Å². The van der Waals surface area contributed by atoms with E-state index in [1.54, 1.807) is 6.26 Å². The zero-order valence-electron chi connectivity index (χ0n) is 17.1. The molecular formula is C25H20N4O2S. The predicted molar refractivity (Wildman–Crippen MR) is 127 cm³/mol. The minimum Gasteiger partial charge on any atom is -0.461 e. The van der Waals surface area contributed by atoms with Crippen LogP contribution in [0.3, 0.4) is 0 Å². The van der Waals surface area contributed by atoms with Crippen molar-refractivity contribution in [2.45, 2.75) is 11.7 Å². The Balaban J connectivity index is 1.43. The molecule has 5 rings (SSSR count). The summed E-state index contributed by atoms with van der Waals surface area (Å²) in [5, 5.41) is 14.6. The summed E-state index contributed by atoms with van der Waals surface area (Å²) in [4.78, 5) is 12.5. The Kier molecular flexibility index (Phi) is 5.72. The van der Waals surface area contributed by atoms with E-state index in [1.807, 2.05) is 59.2 Å². The standard InChI is InChI=1S/C25H20N4O2S/c30-23(26-20-11-2-1-3-12-20)17-32-25-28-27-24(22-14-7-15-31-22)29(25)16-19-10-6-9-18-8-4-5-13-21(18)19/h1-15H,16-17H2,(H,26,30). The first-order chi connectivity index (χ1) is 15.8. The number of benzene rings is 3. The van der Waals surface area contributed by atoms with Crippen LogP contribution in [0.5, 0.6) is 0 Å². The molecule has 3 aromatic carbocycles. The molecule has 5 aromatic rings. The van der Waals surface area contributed by atoms with Gasteiger partial charge in [-0.05, 0) is 40.6 Å². The number of hydrogen-bond donors (Lipinski definition) is 1. The number of fused-ring (bicyclic) bond motifs is 1. The normalized spacial score (nSPS) is 11.0. The van der Waals surface area contributed by atoms with Gasteiger partial charge in [-0.15, -0.1) is 10.2 Å². The fourth-order valence-electron chi connectivity index (χ4n) is 3.58. The molecule has 0 bridgehead atoms. The molecule has 0 spiro atoms. The molecule has 0 aliphatic carbocycles. The summed E-state index contributed by atoms with van der Waals surface area (Å²) >= 11 is 1.35. The van der Waals surface area contributed by atoms with Gasteiger partial charge in [0.2, 0.25) is 11.7 Å². The van der Waals surface area contributed by atoms with E-state index in [0.717, 1.165) is 11.3 Å². The number of nitrogens with zero attached hydrogens (tertiary/aromatic N) is 3. The molecule has 1 N–H and O–H groups in total. The largest absolute Gasteiger partial charge is 0.461 e. The zero-order valence-corrected chi connectivity index (χ0v) is 18.0. The number of carbonyl (C=O) groups excluding carboxylic acids is 1. The molecule has 1 amide bonds. The number of nitrogens with one attached hydrogen (secondary N) is 1. The van der Waals surface area contributed by atoms with Crippen molar-refractivity contribution >= 4 is 34.1 Å². The highest BCUT2D eigenvalue weighted by Gasteiger charge is 2.18. The van der Waals surface area contributed by atoms with Crippen LogP contribution < -0.4 is 5.32 Å². The van der Waals surface area contributed by atoms with E-state index in [0.29, 0.717) is 23.3 Å². The first-order valence-corrected chi connectivity index (χ1v) is 11.2. The van der Waals surface area contributed by atoms with Crippen molar-refractivity contribution in [2.75, 3.05) is 11.1 Å². The van der Waals surface area contributed by atoms with Crippen molar-refractivity contribution in [1.82, 2.24) is 14.8 Å². The third-order valence-corrected chi connectivity index (χ3v) is 6.02. The molecule has 0 unspecified atom stereocenters. The molecule has 2 heterocycles. The summed E-state index contributed by atoms with van der Waals surface area (Å²) in [5.74, 6) is 1.40. The van der Waals surface area contributed by atoms with Crippen LogP contribution in [0.15, 0.2) is 101 Å². The van der Waals surface area contributed by atoms with Crippen LogP contribution in [0.2, 0.25) is 0 Å². The summed E-state index contributed by atoms with van der Waals surface area (Å²) in [6.07, 6.45) is 1.62. The van der Waals surface area contributed by atoms with Crippen LogP contribution in [0.1, 0.15) is 5.56 Å². The molecule has 0 aliphatic heterocycles. The van der Waals surface area contributed by atoms with Gasteiger partial charge in [0.05, 0.1) is 18.6 Å². The lowest BCUT2D eigenvalue weighted by Crippen LogP contribution is -2.14. The number of furan rings is 1. The van der Waals surface area contributed by atoms with Gasteiger partial charge in [-0.1, -0.05) is 72.4 Å². The van der Waals surface area contributed by atoms with Gasteiger partial charge in [-0.3, -0.25) is 9.36 Å². The third kappa shape index (κ3) is 4.29. The van der Waals surface area contributed by atoms with Gasteiger partial charge in [0.25, 0.3) is 0 Å². The second kappa shape index (κ2) is 9.11. The number of anilines is 1. The molecule has 7 heteroatoms. The van der Waals surface area contributed by atoms with Gasteiger partial charge < -0.3 is 9.73 Å². The fraction of sp³-hybridized carbons (Fsp3) is 0.0800. The van der Waals surface area contributed by atoms with Crippen molar-refractivity contribution < 1.29 is 9.21 Å². The molecular weight excluding hydrogens is 420 g/mol. The van der Waals surface area contributed by atoms with Gasteiger partial charge >= 0.3 is 0 Å². The van der Waals surface area contributed by atoms with E-state index in [-0.39, 0.29) is 11.7 Å². The lowest BCUT2D eigenvalue weighted by atomic mass is 10.0. The Morgan fingerprint density at radius 2 is 1.72 bits per heavy atom. The number of carbonyl (C=O) groups is 1. The SMILES string of the molecule is O=C(CSc1nnc(-c2ccco2)n1Cc1cccc2ccccc12)Nc1ccccc1. The number of thioether (sulfide) groups is 1. The lowest BCUT2D eigenvalue weighted by molar-refractivity contribution is -0.113. The van der Waals surface area contributed by atoms with E-state index in [9.17, 15) is 4.79 Å². The fourth-order valence-corrected chi connectivity index (χ4v) is 4.31. The van der Waals surface area contributed by atoms with Crippen LogP contribution in [0, 0.1) is 0 Å². The smallest absolute Gasteiger partial charge is 0.234 e. The summed E-state index contributed by atoms with van der Waals surface area (Å²) in [7, 11) is 0. The average Bonchev–Trinajstić information content (AvgIpc) is 3.49. The Morgan fingerprint density at radius 1 is 0.906 bits per heavy atom. The second-order valence-electron chi connectivity index (χ2n) is 7.21. The number of hydrogen-bond acceptors (Lipinski definition) is 5. The lowest BCUT2D eigenvalue weighted by Gasteiger charge is -2.12. The predicted octanol–water partition coefficient (Wildman–Crippen LogP) is 5.47. The Bertz CT molecular complexity index is 1340. The molecule has 32 heavy (non-hydrogen) atoms. The quantitative estimate of drug-likeness (QED) is 0.340. The van der Waals surface area contributed by atoms with Crippen molar-refractivity contribution in [3.8, 4) is 11.6 Å². The second-order valence-corrected chi connectivity index (χ2v) is 8.15. The van der Waals surface area contributed by atoms with Gasteiger partial charge in [-0.25, -0.2) is 0 Å². The molecule has 0 atom stereocenters. The van der Waals surface area contributed by atoms with Gasteiger partial charge in [-0.2, -0.15) is 0 Å². The maximum Gasteiger partial charge on any atom is 0.234 e. The summed E-state index contributed by atoms with van der Waals surface area (Å²) < 4.78 is 7.59. The highest BCUT2D eigenvalue weighted by molar-refractivity contribution is 7.99. The van der Waals surface area contributed by atoms with Crippen LogP contribution in [0.25, 0.3) is 22.4 Å². The van der Waals surface area contributed by atoms with E-state index in [2.05, 4.69) is 45.8 Å². The zero-order chi connectivity index (χ0) is 21.8. The van der Waals surface area contributed by atoms with Gasteiger partial charge in [0.15, 0.2) is 10.9 Å². The average molecular weight is 441 g/mol. The molecule has 158 valence electrons.